The summed E-state index contributed by atoms with van der Waals surface area (Å²) in [7, 11) is 0. The van der Waals surface area contributed by atoms with Crippen LogP contribution in [0.15, 0.2) is 0 Å². The summed E-state index contributed by atoms with van der Waals surface area (Å²) in [4.78, 5) is 15.1. The molecule has 1 aliphatic heterocycles. The average Bonchev–Trinajstić information content (AvgIpc) is 3.06. The maximum atomic E-state index is 13.0. The van der Waals surface area contributed by atoms with Gasteiger partial charge in [0.1, 0.15) is 0 Å². The zero-order valence-corrected chi connectivity index (χ0v) is 13.3. The van der Waals surface area contributed by atoms with Crippen LogP contribution in [0.4, 0.5) is 0 Å². The molecule has 0 bridgehead atoms. The van der Waals surface area contributed by atoms with E-state index < -0.39 is 0 Å². The van der Waals surface area contributed by atoms with Crippen LogP contribution in [0.5, 0.6) is 0 Å². The van der Waals surface area contributed by atoms with E-state index in [-0.39, 0.29) is 23.5 Å². The number of carbonyl (C=O) groups is 1. The summed E-state index contributed by atoms with van der Waals surface area (Å²) in [5.74, 6) is 0.101. The lowest BCUT2D eigenvalue weighted by Crippen LogP contribution is -2.46. The lowest BCUT2D eigenvalue weighted by Gasteiger charge is -2.41. The van der Waals surface area contributed by atoms with Gasteiger partial charge >= 0.3 is 0 Å². The summed E-state index contributed by atoms with van der Waals surface area (Å²) in [5, 5.41) is 17.4. The highest BCUT2D eigenvalue weighted by molar-refractivity contribution is 5.94. The van der Waals surface area contributed by atoms with Crippen molar-refractivity contribution >= 4 is 5.91 Å². The monoisotopic (exact) mass is 303 g/mol. The van der Waals surface area contributed by atoms with Crippen LogP contribution in [0.25, 0.3) is 0 Å². The molecule has 0 spiro atoms. The number of hydrogen-bond donors (Lipinski definition) is 2. The second kappa shape index (κ2) is 5.08. The lowest BCUT2D eigenvalue weighted by atomic mass is 9.71. The molecule has 4 rings (SSSR count). The molecule has 22 heavy (non-hydrogen) atoms. The van der Waals surface area contributed by atoms with Crippen LogP contribution in [0.3, 0.4) is 0 Å². The van der Waals surface area contributed by atoms with Crippen molar-refractivity contribution in [2.75, 3.05) is 6.54 Å². The molecule has 1 aromatic heterocycles. The predicted molar refractivity (Wildman–Crippen MR) is 82.6 cm³/mol. The van der Waals surface area contributed by atoms with Crippen LogP contribution in [0, 0.1) is 5.41 Å². The smallest absolute Gasteiger partial charge is 0.274 e. The molecule has 5 heteroatoms. The minimum atomic E-state index is -0.200. The molecule has 0 unspecified atom stereocenters. The van der Waals surface area contributed by atoms with Crippen molar-refractivity contribution in [2.45, 2.75) is 70.4 Å². The molecule has 0 radical (unpaired) electrons. The van der Waals surface area contributed by atoms with E-state index in [1.165, 1.54) is 6.42 Å². The molecule has 1 saturated heterocycles. The largest absolute Gasteiger partial charge is 0.393 e. The Morgan fingerprint density at radius 1 is 1.36 bits per heavy atom. The fraction of sp³-hybridized carbons (Fsp3) is 0.765. The molecular formula is C17H25N3O2. The Kier molecular flexibility index (Phi) is 3.29. The molecule has 2 N–H and O–H groups in total. The highest BCUT2D eigenvalue weighted by atomic mass is 16.3. The van der Waals surface area contributed by atoms with E-state index in [0.717, 1.165) is 62.7 Å². The van der Waals surface area contributed by atoms with Gasteiger partial charge in [0, 0.05) is 23.8 Å². The van der Waals surface area contributed by atoms with Gasteiger partial charge in [-0.3, -0.25) is 9.89 Å². The number of fused-ring (bicyclic) bond motifs is 2. The summed E-state index contributed by atoms with van der Waals surface area (Å²) in [6.07, 6.45) is 7.66. The normalized spacial score (nSPS) is 34.4. The Balaban J connectivity index is 1.60. The summed E-state index contributed by atoms with van der Waals surface area (Å²) in [6, 6.07) is 0.263. The van der Waals surface area contributed by atoms with Crippen molar-refractivity contribution in [1.82, 2.24) is 15.1 Å². The van der Waals surface area contributed by atoms with Crippen LogP contribution >= 0.6 is 0 Å². The summed E-state index contributed by atoms with van der Waals surface area (Å²) in [5.41, 5.74) is 3.05. The standard InChI is InChI=1S/C17H25N3O2/c1-17-8-9-20(14(17)7-6-11(21)10-17)16(22)15-12-4-2-3-5-13(12)18-19-15/h11,14,21H,2-10H2,1H3,(H,18,19)/t11-,14-,17+/m1/s1. The fourth-order valence-corrected chi connectivity index (χ4v) is 4.84. The van der Waals surface area contributed by atoms with Gasteiger partial charge in [-0.05, 0) is 56.8 Å². The van der Waals surface area contributed by atoms with E-state index >= 15 is 0 Å². The van der Waals surface area contributed by atoms with Crippen molar-refractivity contribution in [3.8, 4) is 0 Å². The SMILES string of the molecule is C[C@@]12CCN(C(=O)c3n[nH]c4c3CCCC4)[C@@H]1CC[C@@H](O)C2. The van der Waals surface area contributed by atoms with Gasteiger partial charge in [-0.15, -0.1) is 0 Å². The quantitative estimate of drug-likeness (QED) is 0.834. The molecule has 120 valence electrons. The van der Waals surface area contributed by atoms with E-state index in [1.54, 1.807) is 0 Å². The van der Waals surface area contributed by atoms with Crippen molar-refractivity contribution in [3.05, 3.63) is 17.0 Å². The number of aliphatic hydroxyl groups is 1. The Labute approximate surface area is 131 Å². The number of likely N-dealkylation sites (tertiary alicyclic amines) is 1. The van der Waals surface area contributed by atoms with Crippen molar-refractivity contribution in [3.63, 3.8) is 0 Å². The highest BCUT2D eigenvalue weighted by Crippen LogP contribution is 2.47. The van der Waals surface area contributed by atoms with Gasteiger partial charge in [0.05, 0.1) is 6.10 Å². The zero-order chi connectivity index (χ0) is 15.3. The molecule has 3 atom stereocenters. The number of aliphatic hydroxyl groups excluding tert-OH is 1. The first-order chi connectivity index (χ1) is 10.6. The molecule has 2 aliphatic carbocycles. The topological polar surface area (TPSA) is 69.2 Å². The molecular weight excluding hydrogens is 278 g/mol. The number of aromatic nitrogens is 2. The number of amides is 1. The maximum absolute atomic E-state index is 13.0. The summed E-state index contributed by atoms with van der Waals surface area (Å²) >= 11 is 0. The molecule has 2 fully saturated rings. The number of carbonyl (C=O) groups excluding carboxylic acids is 1. The molecule has 3 aliphatic rings. The zero-order valence-electron chi connectivity index (χ0n) is 13.3. The van der Waals surface area contributed by atoms with Gasteiger partial charge in [0.2, 0.25) is 0 Å². The molecule has 1 amide bonds. The van der Waals surface area contributed by atoms with E-state index in [9.17, 15) is 9.90 Å². The second-order valence-corrected chi connectivity index (χ2v) is 7.59. The third-order valence-electron chi connectivity index (χ3n) is 6.10. The number of rotatable bonds is 1. The minimum absolute atomic E-state index is 0.0731. The predicted octanol–water partition coefficient (Wildman–Crippen LogP) is 2.05. The van der Waals surface area contributed by atoms with Crippen LogP contribution < -0.4 is 0 Å². The summed E-state index contributed by atoms with van der Waals surface area (Å²) in [6.45, 7) is 3.03. The van der Waals surface area contributed by atoms with E-state index in [2.05, 4.69) is 17.1 Å². The van der Waals surface area contributed by atoms with Crippen LogP contribution in [-0.2, 0) is 12.8 Å². The second-order valence-electron chi connectivity index (χ2n) is 7.59. The molecule has 1 saturated carbocycles. The van der Waals surface area contributed by atoms with Crippen LogP contribution in [0.1, 0.15) is 67.2 Å². The molecule has 1 aromatic rings. The van der Waals surface area contributed by atoms with Crippen molar-refractivity contribution in [2.24, 2.45) is 5.41 Å². The Morgan fingerprint density at radius 2 is 2.18 bits per heavy atom. The summed E-state index contributed by atoms with van der Waals surface area (Å²) < 4.78 is 0. The maximum Gasteiger partial charge on any atom is 0.274 e. The Bertz CT molecular complexity index is 597. The van der Waals surface area contributed by atoms with Gasteiger partial charge < -0.3 is 10.0 Å². The third-order valence-corrected chi connectivity index (χ3v) is 6.10. The van der Waals surface area contributed by atoms with E-state index in [0.29, 0.717) is 5.69 Å². The number of nitrogens with zero attached hydrogens (tertiary/aromatic N) is 2. The van der Waals surface area contributed by atoms with Gasteiger partial charge in [-0.25, -0.2) is 0 Å². The Morgan fingerprint density at radius 3 is 3.05 bits per heavy atom. The first kappa shape index (κ1) is 14.2. The molecule has 2 heterocycles. The first-order valence-electron chi connectivity index (χ1n) is 8.64. The van der Waals surface area contributed by atoms with Crippen molar-refractivity contribution < 1.29 is 9.90 Å². The number of aryl methyl sites for hydroxylation is 1. The number of H-pyrrole nitrogens is 1. The van der Waals surface area contributed by atoms with E-state index in [4.69, 9.17) is 0 Å². The van der Waals surface area contributed by atoms with Crippen LogP contribution in [-0.4, -0.2) is 44.8 Å². The van der Waals surface area contributed by atoms with Crippen LogP contribution in [0.2, 0.25) is 0 Å². The first-order valence-corrected chi connectivity index (χ1v) is 8.64. The molecule has 5 nitrogen and oxygen atoms in total. The number of hydrogen-bond acceptors (Lipinski definition) is 3. The number of nitrogens with one attached hydrogen (secondary N) is 1. The van der Waals surface area contributed by atoms with E-state index in [1.807, 2.05) is 4.90 Å². The van der Waals surface area contributed by atoms with Gasteiger partial charge in [-0.1, -0.05) is 6.92 Å². The fourth-order valence-electron chi connectivity index (χ4n) is 4.84. The Hall–Kier alpha value is -1.36. The van der Waals surface area contributed by atoms with Gasteiger partial charge in [0.15, 0.2) is 5.69 Å². The van der Waals surface area contributed by atoms with Gasteiger partial charge in [0.25, 0.3) is 5.91 Å². The third kappa shape index (κ3) is 2.09. The highest BCUT2D eigenvalue weighted by Gasteiger charge is 2.49. The molecule has 0 aromatic carbocycles. The lowest BCUT2D eigenvalue weighted by molar-refractivity contribution is 0.0208. The average molecular weight is 303 g/mol. The minimum Gasteiger partial charge on any atom is -0.393 e. The van der Waals surface area contributed by atoms with Crippen molar-refractivity contribution in [1.29, 1.82) is 0 Å². The number of aromatic amines is 1. The van der Waals surface area contributed by atoms with Gasteiger partial charge in [-0.2, -0.15) is 5.10 Å².